The molecule has 0 bridgehead atoms. The Balaban J connectivity index is 1.49. The van der Waals surface area contributed by atoms with Gasteiger partial charge < -0.3 is 5.32 Å². The van der Waals surface area contributed by atoms with Gasteiger partial charge in [-0.15, -0.1) is 5.10 Å². The van der Waals surface area contributed by atoms with Gasteiger partial charge in [0.25, 0.3) is 0 Å². The monoisotopic (exact) mass is 372 g/mol. The fraction of sp³-hybridized carbons (Fsp3) is 0.167. The SMILES string of the molecule is Cc1ccc(-c2nc(SCCC(=O)Nc3cccc(Cl)c3)n[nH]2)cc1. The normalized spacial score (nSPS) is 10.6. The molecule has 0 radical (unpaired) electrons. The number of H-pyrrole nitrogens is 1. The van der Waals surface area contributed by atoms with Gasteiger partial charge in [0, 0.05) is 28.4 Å². The molecule has 2 N–H and O–H groups in total. The molecule has 128 valence electrons. The highest BCUT2D eigenvalue weighted by atomic mass is 35.5. The van der Waals surface area contributed by atoms with E-state index in [9.17, 15) is 4.79 Å². The van der Waals surface area contributed by atoms with Gasteiger partial charge in [-0.05, 0) is 25.1 Å². The van der Waals surface area contributed by atoms with Crippen LogP contribution in [0.1, 0.15) is 12.0 Å². The number of carbonyl (C=O) groups is 1. The van der Waals surface area contributed by atoms with Crippen LogP contribution in [-0.4, -0.2) is 26.8 Å². The van der Waals surface area contributed by atoms with Crippen LogP contribution in [0.15, 0.2) is 53.7 Å². The maximum Gasteiger partial charge on any atom is 0.225 e. The second-order valence-electron chi connectivity index (χ2n) is 5.49. The third kappa shape index (κ3) is 5.08. The van der Waals surface area contributed by atoms with Gasteiger partial charge in [-0.25, -0.2) is 4.98 Å². The molecular weight excluding hydrogens is 356 g/mol. The molecule has 1 heterocycles. The van der Waals surface area contributed by atoms with E-state index in [1.54, 1.807) is 24.3 Å². The molecule has 3 rings (SSSR count). The van der Waals surface area contributed by atoms with Gasteiger partial charge in [0.15, 0.2) is 5.82 Å². The van der Waals surface area contributed by atoms with Crippen LogP contribution in [0.2, 0.25) is 5.02 Å². The van der Waals surface area contributed by atoms with Crippen molar-refractivity contribution in [3.05, 3.63) is 59.1 Å². The van der Waals surface area contributed by atoms with Gasteiger partial charge in [0.05, 0.1) is 0 Å². The van der Waals surface area contributed by atoms with Crippen LogP contribution in [0.25, 0.3) is 11.4 Å². The number of anilines is 1. The molecule has 0 spiro atoms. The minimum absolute atomic E-state index is 0.0657. The minimum Gasteiger partial charge on any atom is -0.326 e. The molecule has 25 heavy (non-hydrogen) atoms. The number of aromatic amines is 1. The minimum atomic E-state index is -0.0657. The third-order valence-corrected chi connectivity index (χ3v) is 4.54. The second-order valence-corrected chi connectivity index (χ2v) is 6.99. The average molecular weight is 373 g/mol. The first-order valence-corrected chi connectivity index (χ1v) is 9.14. The first kappa shape index (κ1) is 17.5. The predicted octanol–water partition coefficient (Wildman–Crippen LogP) is 4.55. The number of carbonyl (C=O) groups excluding carboxylic acids is 1. The van der Waals surface area contributed by atoms with Crippen molar-refractivity contribution in [2.75, 3.05) is 11.1 Å². The lowest BCUT2D eigenvalue weighted by Crippen LogP contribution is -2.12. The summed E-state index contributed by atoms with van der Waals surface area (Å²) in [7, 11) is 0. The molecule has 5 nitrogen and oxygen atoms in total. The molecule has 1 aromatic heterocycles. The molecule has 3 aromatic rings. The Labute approximate surface area is 155 Å². The molecule has 0 saturated carbocycles. The number of halogens is 1. The van der Waals surface area contributed by atoms with Crippen molar-refractivity contribution in [2.45, 2.75) is 18.5 Å². The number of aromatic nitrogens is 3. The number of amides is 1. The molecule has 0 atom stereocenters. The van der Waals surface area contributed by atoms with Gasteiger partial charge in [-0.3, -0.25) is 9.89 Å². The van der Waals surface area contributed by atoms with E-state index in [0.29, 0.717) is 28.0 Å². The number of hydrogen-bond donors (Lipinski definition) is 2. The fourth-order valence-corrected chi connectivity index (χ4v) is 3.10. The largest absolute Gasteiger partial charge is 0.326 e. The first-order chi connectivity index (χ1) is 12.1. The van der Waals surface area contributed by atoms with Crippen LogP contribution in [0.3, 0.4) is 0 Å². The Hall–Kier alpha value is -2.31. The summed E-state index contributed by atoms with van der Waals surface area (Å²) in [4.78, 5) is 16.4. The Morgan fingerprint density at radius 1 is 1.24 bits per heavy atom. The molecule has 0 aliphatic heterocycles. The highest BCUT2D eigenvalue weighted by Gasteiger charge is 2.08. The van der Waals surface area contributed by atoms with Crippen LogP contribution >= 0.6 is 23.4 Å². The van der Waals surface area contributed by atoms with Crippen molar-refractivity contribution in [2.24, 2.45) is 0 Å². The van der Waals surface area contributed by atoms with Gasteiger partial charge in [-0.2, -0.15) is 0 Å². The molecule has 0 unspecified atom stereocenters. The molecule has 0 aliphatic rings. The number of nitrogens with zero attached hydrogens (tertiary/aromatic N) is 2. The molecular formula is C18H17ClN4OS. The Morgan fingerprint density at radius 3 is 2.80 bits per heavy atom. The number of hydrogen-bond acceptors (Lipinski definition) is 4. The summed E-state index contributed by atoms with van der Waals surface area (Å²) < 4.78 is 0. The summed E-state index contributed by atoms with van der Waals surface area (Å²) in [5, 5.41) is 11.2. The van der Waals surface area contributed by atoms with Crippen molar-refractivity contribution >= 4 is 35.0 Å². The maximum absolute atomic E-state index is 12.0. The summed E-state index contributed by atoms with van der Waals surface area (Å²) >= 11 is 7.34. The fourth-order valence-electron chi connectivity index (χ4n) is 2.18. The van der Waals surface area contributed by atoms with Crippen LogP contribution in [0.4, 0.5) is 5.69 Å². The smallest absolute Gasteiger partial charge is 0.225 e. The zero-order chi connectivity index (χ0) is 17.6. The molecule has 7 heteroatoms. The summed E-state index contributed by atoms with van der Waals surface area (Å²) in [6, 6.07) is 15.2. The molecule has 0 aliphatic carbocycles. The van der Waals surface area contributed by atoms with E-state index in [4.69, 9.17) is 11.6 Å². The lowest BCUT2D eigenvalue weighted by Gasteiger charge is -2.04. The van der Waals surface area contributed by atoms with Gasteiger partial charge >= 0.3 is 0 Å². The van der Waals surface area contributed by atoms with Crippen LogP contribution in [0.5, 0.6) is 0 Å². The van der Waals surface area contributed by atoms with Crippen molar-refractivity contribution in [1.82, 2.24) is 15.2 Å². The second kappa shape index (κ2) is 8.18. The van der Waals surface area contributed by atoms with Crippen molar-refractivity contribution in [1.29, 1.82) is 0 Å². The maximum atomic E-state index is 12.0. The summed E-state index contributed by atoms with van der Waals surface area (Å²) in [5.41, 5.74) is 2.88. The van der Waals surface area contributed by atoms with E-state index in [1.807, 2.05) is 31.2 Å². The average Bonchev–Trinajstić information content (AvgIpc) is 3.04. The Bertz CT molecular complexity index is 864. The van der Waals surface area contributed by atoms with E-state index in [-0.39, 0.29) is 5.91 Å². The van der Waals surface area contributed by atoms with Gasteiger partial charge in [0.1, 0.15) is 0 Å². The van der Waals surface area contributed by atoms with E-state index in [2.05, 4.69) is 20.5 Å². The zero-order valence-corrected chi connectivity index (χ0v) is 15.2. The highest BCUT2D eigenvalue weighted by molar-refractivity contribution is 7.99. The number of nitrogens with one attached hydrogen (secondary N) is 2. The lowest BCUT2D eigenvalue weighted by molar-refractivity contribution is -0.115. The third-order valence-electron chi connectivity index (χ3n) is 3.46. The molecule has 2 aromatic carbocycles. The predicted molar refractivity (Wildman–Crippen MR) is 102 cm³/mol. The van der Waals surface area contributed by atoms with Crippen molar-refractivity contribution in [3.63, 3.8) is 0 Å². The molecule has 0 fully saturated rings. The topological polar surface area (TPSA) is 70.7 Å². The Kier molecular flexibility index (Phi) is 5.73. The highest BCUT2D eigenvalue weighted by Crippen LogP contribution is 2.20. The number of rotatable bonds is 6. The van der Waals surface area contributed by atoms with Crippen molar-refractivity contribution in [3.8, 4) is 11.4 Å². The molecule has 1 amide bonds. The van der Waals surface area contributed by atoms with Crippen LogP contribution in [0, 0.1) is 6.92 Å². The Morgan fingerprint density at radius 2 is 2.04 bits per heavy atom. The van der Waals surface area contributed by atoms with Crippen LogP contribution < -0.4 is 5.32 Å². The van der Waals surface area contributed by atoms with E-state index < -0.39 is 0 Å². The zero-order valence-electron chi connectivity index (χ0n) is 13.6. The van der Waals surface area contributed by atoms with Crippen LogP contribution in [-0.2, 0) is 4.79 Å². The van der Waals surface area contributed by atoms with E-state index in [0.717, 1.165) is 11.4 Å². The summed E-state index contributed by atoms with van der Waals surface area (Å²) in [6.45, 7) is 2.04. The number of aryl methyl sites for hydroxylation is 1. The summed E-state index contributed by atoms with van der Waals surface area (Å²) in [6.07, 6.45) is 0.367. The quantitative estimate of drug-likeness (QED) is 0.622. The number of thioether (sulfide) groups is 1. The van der Waals surface area contributed by atoms with E-state index >= 15 is 0 Å². The van der Waals surface area contributed by atoms with Gasteiger partial charge in [0.2, 0.25) is 11.1 Å². The first-order valence-electron chi connectivity index (χ1n) is 7.78. The van der Waals surface area contributed by atoms with E-state index in [1.165, 1.54) is 17.3 Å². The molecule has 0 saturated heterocycles. The van der Waals surface area contributed by atoms with Crippen molar-refractivity contribution < 1.29 is 4.79 Å². The summed E-state index contributed by atoms with van der Waals surface area (Å²) in [5.74, 6) is 1.26. The standard InChI is InChI=1S/C18H17ClN4OS/c1-12-5-7-13(8-6-12)17-21-18(23-22-17)25-10-9-16(24)20-15-4-2-3-14(19)11-15/h2-8,11H,9-10H2,1H3,(H,20,24)(H,21,22,23). The van der Waals surface area contributed by atoms with Gasteiger partial charge in [-0.1, -0.05) is 59.3 Å². The lowest BCUT2D eigenvalue weighted by atomic mass is 10.1. The number of benzene rings is 2.